The molecular weight excluding hydrogens is 354 g/mol. The molecule has 2 unspecified atom stereocenters. The molecule has 5 heteroatoms. The molecule has 0 aliphatic heterocycles. The number of aliphatic hydroxyl groups is 1. The first-order valence-corrected chi connectivity index (χ1v) is 11.0. The Morgan fingerprint density at radius 1 is 1.29 bits per heavy atom. The molecule has 0 aromatic carbocycles. The van der Waals surface area contributed by atoms with Crippen molar-refractivity contribution in [3.05, 3.63) is 0 Å². The van der Waals surface area contributed by atoms with E-state index >= 15 is 0 Å². The van der Waals surface area contributed by atoms with E-state index in [0.717, 1.165) is 19.3 Å². The molecule has 0 aromatic heterocycles. The minimum Gasteiger partial charge on any atom is -0.392 e. The molecule has 0 radical (unpaired) electrons. The van der Waals surface area contributed by atoms with Gasteiger partial charge in [0.05, 0.1) is 12.2 Å². The number of aliphatic hydroxyl groups excluding tert-OH is 1. The topological polar surface area (TPSA) is 68.1 Å². The third-order valence-corrected chi connectivity index (χ3v) is 8.76. The molecule has 3 fully saturated rings. The van der Waals surface area contributed by atoms with Crippen LogP contribution in [0.1, 0.15) is 66.7 Å². The van der Waals surface area contributed by atoms with Crippen LogP contribution in [-0.4, -0.2) is 49.8 Å². The van der Waals surface area contributed by atoms with Crippen LogP contribution in [0.2, 0.25) is 0 Å². The Kier molecular flexibility index (Phi) is 6.11. The molecule has 0 aromatic rings. The van der Waals surface area contributed by atoms with Crippen LogP contribution in [0.4, 0.5) is 0 Å². The number of carbonyl (C=O) groups excluding carboxylic acids is 1. The Labute approximate surface area is 170 Å². The van der Waals surface area contributed by atoms with Crippen LogP contribution in [0.3, 0.4) is 0 Å². The minimum atomic E-state index is -0.566. The highest BCUT2D eigenvalue weighted by atomic mass is 16.7. The van der Waals surface area contributed by atoms with Crippen molar-refractivity contribution in [2.45, 2.75) is 78.9 Å². The smallest absolute Gasteiger partial charge is 0.146 e. The second-order valence-corrected chi connectivity index (χ2v) is 10.1. The fraction of sp³-hybridized carbons (Fsp3) is 0.913. The van der Waals surface area contributed by atoms with Gasteiger partial charge < -0.3 is 14.6 Å². The highest BCUT2D eigenvalue weighted by Gasteiger charge is 2.67. The maximum atomic E-state index is 13.2. The molecule has 0 saturated heterocycles. The number of methoxy groups -OCH3 is 1. The van der Waals surface area contributed by atoms with Crippen molar-refractivity contribution in [1.29, 1.82) is 0 Å². The van der Waals surface area contributed by atoms with E-state index in [-0.39, 0.29) is 30.1 Å². The van der Waals surface area contributed by atoms with Gasteiger partial charge in [0.25, 0.3) is 0 Å². The number of hydrogen-bond acceptors (Lipinski definition) is 5. The monoisotopic (exact) mass is 393 g/mol. The minimum absolute atomic E-state index is 0.0879. The first kappa shape index (κ1) is 21.9. The highest BCUT2D eigenvalue weighted by molar-refractivity contribution is 5.85. The fourth-order valence-electron chi connectivity index (χ4n) is 7.05. The third-order valence-electron chi connectivity index (χ3n) is 8.76. The number of carbonyl (C=O) groups is 1. The van der Waals surface area contributed by atoms with Gasteiger partial charge in [-0.15, -0.1) is 0 Å². The van der Waals surface area contributed by atoms with Gasteiger partial charge in [0, 0.05) is 43.0 Å². The van der Waals surface area contributed by atoms with Crippen LogP contribution in [0, 0.1) is 34.0 Å². The molecule has 0 amide bonds. The number of nitrogens with zero attached hydrogens (tertiary/aromatic N) is 1. The van der Waals surface area contributed by atoms with Gasteiger partial charge in [-0.25, -0.2) is 0 Å². The summed E-state index contributed by atoms with van der Waals surface area (Å²) in [5.74, 6) is 0.761. The Balaban J connectivity index is 2.16. The number of rotatable bonds is 5. The van der Waals surface area contributed by atoms with E-state index in [9.17, 15) is 9.90 Å². The van der Waals surface area contributed by atoms with Crippen molar-refractivity contribution in [3.63, 3.8) is 0 Å². The summed E-state index contributed by atoms with van der Waals surface area (Å²) in [6, 6.07) is 0. The number of Topliss-reactive ketones (excluding diaryl/α,β-unsaturated/α-hetero) is 1. The molecule has 28 heavy (non-hydrogen) atoms. The summed E-state index contributed by atoms with van der Waals surface area (Å²) in [7, 11) is 1.64. The van der Waals surface area contributed by atoms with Gasteiger partial charge in [0.15, 0.2) is 0 Å². The first-order valence-electron chi connectivity index (χ1n) is 11.0. The van der Waals surface area contributed by atoms with Crippen LogP contribution in [0.25, 0.3) is 0 Å². The van der Waals surface area contributed by atoms with Crippen molar-refractivity contribution in [3.8, 4) is 0 Å². The molecule has 160 valence electrons. The lowest BCUT2D eigenvalue weighted by molar-refractivity contribution is -0.210. The average Bonchev–Trinajstić information content (AvgIpc) is 3.01. The molecule has 3 saturated carbocycles. The Bertz CT molecular complexity index is 622. The quantitative estimate of drug-likeness (QED) is 0.569. The lowest BCUT2D eigenvalue weighted by Gasteiger charge is -2.61. The predicted octanol–water partition coefficient (Wildman–Crippen LogP) is 3.87. The van der Waals surface area contributed by atoms with Crippen molar-refractivity contribution >= 4 is 12.0 Å². The van der Waals surface area contributed by atoms with Crippen LogP contribution in [-0.2, 0) is 14.3 Å². The molecule has 5 nitrogen and oxygen atoms in total. The third kappa shape index (κ3) is 3.09. The highest BCUT2D eigenvalue weighted by Crippen LogP contribution is 2.67. The molecule has 0 spiro atoms. The van der Waals surface area contributed by atoms with E-state index < -0.39 is 16.9 Å². The van der Waals surface area contributed by atoms with E-state index in [0.29, 0.717) is 31.1 Å². The standard InChI is InChI=1S/C23H39NO4/c1-7-24-13-21(4)12-18(26)22(5)15(2)8-10-23(11-9-17(25)19(22)23)16(3)20(21)28-14-27-6/h13,15-16,18-20,26H,7-12,14H2,1-6H3/b24-13+/t15-,16+,18-,19?,20+,21+,22+,23?/m1/s1. The van der Waals surface area contributed by atoms with E-state index in [2.05, 4.69) is 32.7 Å². The zero-order valence-electron chi connectivity index (χ0n) is 18.5. The number of hydrogen-bond donors (Lipinski definition) is 1. The molecule has 2 bridgehead atoms. The van der Waals surface area contributed by atoms with Crippen LogP contribution in [0.5, 0.6) is 0 Å². The normalized spacial score (nSPS) is 49.1. The van der Waals surface area contributed by atoms with Crippen LogP contribution >= 0.6 is 0 Å². The Morgan fingerprint density at radius 3 is 2.64 bits per heavy atom. The van der Waals surface area contributed by atoms with Crippen LogP contribution in [0.15, 0.2) is 4.99 Å². The number of ether oxygens (including phenoxy) is 2. The van der Waals surface area contributed by atoms with Gasteiger partial charge >= 0.3 is 0 Å². The first-order chi connectivity index (χ1) is 13.2. The summed E-state index contributed by atoms with van der Waals surface area (Å²) in [5, 5.41) is 11.6. The SMILES string of the molecule is CC/N=C/[C@]1(C)C[C@@H](O)[C@@]2(C)C3C(=O)CCC3(CC[C@H]2C)[C@@H](C)[C@@H]1OCOC. The summed E-state index contributed by atoms with van der Waals surface area (Å²) < 4.78 is 11.6. The van der Waals surface area contributed by atoms with Crippen LogP contribution < -0.4 is 0 Å². The van der Waals surface area contributed by atoms with Gasteiger partial charge in [-0.05, 0) is 49.9 Å². The largest absolute Gasteiger partial charge is 0.392 e. The van der Waals surface area contributed by atoms with Gasteiger partial charge in [-0.3, -0.25) is 9.79 Å². The van der Waals surface area contributed by atoms with Gasteiger partial charge in [-0.1, -0.05) is 27.7 Å². The number of aliphatic imine (C=N–C) groups is 1. The molecule has 8 atom stereocenters. The zero-order valence-corrected chi connectivity index (χ0v) is 18.5. The summed E-state index contributed by atoms with van der Waals surface area (Å²) in [6.45, 7) is 11.8. The van der Waals surface area contributed by atoms with Crippen molar-refractivity contribution in [2.75, 3.05) is 20.4 Å². The molecule has 1 N–H and O–H groups in total. The summed E-state index contributed by atoms with van der Waals surface area (Å²) in [4.78, 5) is 17.8. The fourth-order valence-corrected chi connectivity index (χ4v) is 7.05. The Hall–Kier alpha value is -0.780. The molecule has 3 rings (SSSR count). The summed E-state index contributed by atoms with van der Waals surface area (Å²) in [6.07, 6.45) is 5.45. The molecule has 3 aliphatic rings. The van der Waals surface area contributed by atoms with Gasteiger partial charge in [0.2, 0.25) is 0 Å². The van der Waals surface area contributed by atoms with E-state index in [1.54, 1.807) is 7.11 Å². The molecule has 3 aliphatic carbocycles. The summed E-state index contributed by atoms with van der Waals surface area (Å²) >= 11 is 0. The predicted molar refractivity (Wildman–Crippen MR) is 110 cm³/mol. The molecule has 0 heterocycles. The van der Waals surface area contributed by atoms with Crippen molar-refractivity contribution < 1.29 is 19.4 Å². The van der Waals surface area contributed by atoms with Crippen molar-refractivity contribution in [1.82, 2.24) is 0 Å². The summed E-state index contributed by atoms with van der Waals surface area (Å²) in [5.41, 5.74) is -0.914. The lowest BCUT2D eigenvalue weighted by Crippen LogP contribution is -2.63. The zero-order chi connectivity index (χ0) is 20.7. The Morgan fingerprint density at radius 2 is 2.00 bits per heavy atom. The lowest BCUT2D eigenvalue weighted by atomic mass is 9.44. The van der Waals surface area contributed by atoms with E-state index in [1.165, 1.54) is 0 Å². The second kappa shape index (κ2) is 7.81. The maximum absolute atomic E-state index is 13.2. The van der Waals surface area contributed by atoms with Gasteiger partial charge in [0.1, 0.15) is 12.6 Å². The average molecular weight is 394 g/mol. The van der Waals surface area contributed by atoms with E-state index in [4.69, 9.17) is 9.47 Å². The van der Waals surface area contributed by atoms with Gasteiger partial charge in [-0.2, -0.15) is 0 Å². The number of ketones is 1. The van der Waals surface area contributed by atoms with E-state index in [1.807, 2.05) is 13.1 Å². The molecular formula is C23H39NO4. The second-order valence-electron chi connectivity index (χ2n) is 10.1. The van der Waals surface area contributed by atoms with Crippen molar-refractivity contribution in [2.24, 2.45) is 39.0 Å². The maximum Gasteiger partial charge on any atom is 0.146 e.